The Labute approximate surface area is 177 Å². The van der Waals surface area contributed by atoms with Gasteiger partial charge in [0.2, 0.25) is 0 Å². The van der Waals surface area contributed by atoms with Gasteiger partial charge in [-0.05, 0) is 19.3 Å². The summed E-state index contributed by atoms with van der Waals surface area (Å²) in [4.78, 5) is 11.6. The molecule has 0 saturated heterocycles. The summed E-state index contributed by atoms with van der Waals surface area (Å²) in [7, 11) is 0. The molecule has 6 heteroatoms. The topological polar surface area (TPSA) is 118 Å². The number of aliphatic hydroxyl groups is 5. The lowest BCUT2D eigenvalue weighted by molar-refractivity contribution is -0.136. The van der Waals surface area contributed by atoms with Crippen molar-refractivity contribution in [3.63, 3.8) is 0 Å². The second-order valence-corrected chi connectivity index (χ2v) is 8.43. The Morgan fingerprint density at radius 3 is 1.55 bits per heavy atom. The number of ketones is 1. The number of aliphatic hydroxyl groups excluding tert-OH is 5. The normalized spacial score (nSPS) is 15.8. The highest BCUT2D eigenvalue weighted by Crippen LogP contribution is 2.15. The molecule has 174 valence electrons. The van der Waals surface area contributed by atoms with Crippen molar-refractivity contribution in [3.8, 4) is 0 Å². The standard InChI is InChI=1S/C23H46O6/c1-2-3-4-5-6-7-8-9-10-11-14-19(25)15-12-13-16-20(26)17-21(27)23(29)22(28)18-24/h19-20,22-26,28-29H,2-18H2,1H3. The smallest absolute Gasteiger partial charge is 0.166 e. The molecule has 0 aliphatic heterocycles. The Hall–Kier alpha value is -0.530. The quantitative estimate of drug-likeness (QED) is 0.183. The van der Waals surface area contributed by atoms with Crippen LogP contribution in [0.15, 0.2) is 0 Å². The lowest BCUT2D eigenvalue weighted by Crippen LogP contribution is -2.37. The summed E-state index contributed by atoms with van der Waals surface area (Å²) in [5.41, 5.74) is 0. The van der Waals surface area contributed by atoms with E-state index in [1.54, 1.807) is 0 Å². The van der Waals surface area contributed by atoms with E-state index in [2.05, 4.69) is 6.92 Å². The van der Waals surface area contributed by atoms with Crippen molar-refractivity contribution in [3.05, 3.63) is 0 Å². The van der Waals surface area contributed by atoms with E-state index in [9.17, 15) is 25.2 Å². The van der Waals surface area contributed by atoms with Gasteiger partial charge in [0, 0.05) is 6.42 Å². The number of carbonyl (C=O) groups excluding carboxylic acids is 1. The number of rotatable bonds is 21. The zero-order chi connectivity index (χ0) is 21.9. The molecule has 0 aliphatic carbocycles. The van der Waals surface area contributed by atoms with Crippen molar-refractivity contribution >= 4 is 5.78 Å². The van der Waals surface area contributed by atoms with Crippen LogP contribution in [0, 0.1) is 0 Å². The van der Waals surface area contributed by atoms with E-state index in [1.807, 2.05) is 0 Å². The zero-order valence-corrected chi connectivity index (χ0v) is 18.5. The second-order valence-electron chi connectivity index (χ2n) is 8.43. The predicted molar refractivity (Wildman–Crippen MR) is 116 cm³/mol. The van der Waals surface area contributed by atoms with Crippen LogP contribution in [0.2, 0.25) is 0 Å². The Morgan fingerprint density at radius 1 is 0.655 bits per heavy atom. The molecular formula is C23H46O6. The minimum Gasteiger partial charge on any atom is -0.394 e. The summed E-state index contributed by atoms with van der Waals surface area (Å²) in [6, 6.07) is 0. The van der Waals surface area contributed by atoms with Crippen molar-refractivity contribution < 1.29 is 30.3 Å². The average Bonchev–Trinajstić information content (AvgIpc) is 2.71. The molecule has 0 radical (unpaired) electrons. The minimum absolute atomic E-state index is 0.237. The summed E-state index contributed by atoms with van der Waals surface area (Å²) < 4.78 is 0. The monoisotopic (exact) mass is 418 g/mol. The summed E-state index contributed by atoms with van der Waals surface area (Å²) >= 11 is 0. The van der Waals surface area contributed by atoms with E-state index in [-0.39, 0.29) is 12.5 Å². The fraction of sp³-hybridized carbons (Fsp3) is 0.957. The van der Waals surface area contributed by atoms with Crippen molar-refractivity contribution in [2.45, 2.75) is 134 Å². The third kappa shape index (κ3) is 16.9. The molecule has 0 rings (SSSR count). The highest BCUT2D eigenvalue weighted by Gasteiger charge is 2.25. The van der Waals surface area contributed by atoms with Crippen molar-refractivity contribution in [2.75, 3.05) is 6.61 Å². The Kier molecular flexibility index (Phi) is 19.1. The lowest BCUT2D eigenvalue weighted by atomic mass is 9.99. The van der Waals surface area contributed by atoms with E-state index in [0.29, 0.717) is 19.3 Å². The van der Waals surface area contributed by atoms with Crippen LogP contribution >= 0.6 is 0 Å². The van der Waals surface area contributed by atoms with Gasteiger partial charge in [0.15, 0.2) is 5.78 Å². The van der Waals surface area contributed by atoms with Crippen LogP contribution in [-0.4, -0.2) is 62.3 Å². The van der Waals surface area contributed by atoms with Crippen LogP contribution in [0.3, 0.4) is 0 Å². The first kappa shape index (κ1) is 28.5. The first-order chi connectivity index (χ1) is 13.9. The largest absolute Gasteiger partial charge is 0.394 e. The molecule has 0 heterocycles. The molecule has 0 aromatic heterocycles. The molecule has 4 unspecified atom stereocenters. The fourth-order valence-electron chi connectivity index (χ4n) is 3.54. The van der Waals surface area contributed by atoms with Gasteiger partial charge >= 0.3 is 0 Å². The van der Waals surface area contributed by atoms with Crippen LogP contribution in [0.1, 0.15) is 110 Å². The van der Waals surface area contributed by atoms with Gasteiger partial charge in [0.05, 0.1) is 18.8 Å². The van der Waals surface area contributed by atoms with Gasteiger partial charge in [0.1, 0.15) is 12.2 Å². The van der Waals surface area contributed by atoms with Crippen LogP contribution in [0.4, 0.5) is 0 Å². The number of Topliss-reactive ketones (excluding diaryl/α,β-unsaturated/α-hetero) is 1. The summed E-state index contributed by atoms with van der Waals surface area (Å²) in [5, 5.41) is 47.3. The molecule has 5 N–H and O–H groups in total. The van der Waals surface area contributed by atoms with Crippen molar-refractivity contribution in [1.29, 1.82) is 0 Å². The molecule has 29 heavy (non-hydrogen) atoms. The molecule has 6 nitrogen and oxygen atoms in total. The van der Waals surface area contributed by atoms with Crippen LogP contribution in [-0.2, 0) is 4.79 Å². The van der Waals surface area contributed by atoms with Gasteiger partial charge in [-0.1, -0.05) is 84.0 Å². The SMILES string of the molecule is CCCCCCCCCCCCC(O)CCCCC(O)CC(=O)C(O)C(O)CO. The molecule has 0 fully saturated rings. The summed E-state index contributed by atoms with van der Waals surface area (Å²) in [5.74, 6) is -0.667. The van der Waals surface area contributed by atoms with E-state index >= 15 is 0 Å². The van der Waals surface area contributed by atoms with E-state index in [4.69, 9.17) is 5.11 Å². The number of unbranched alkanes of at least 4 members (excludes halogenated alkanes) is 10. The summed E-state index contributed by atoms with van der Waals surface area (Å²) in [6.45, 7) is 1.54. The van der Waals surface area contributed by atoms with E-state index < -0.39 is 30.7 Å². The fourth-order valence-corrected chi connectivity index (χ4v) is 3.54. The van der Waals surface area contributed by atoms with Gasteiger partial charge < -0.3 is 25.5 Å². The first-order valence-electron chi connectivity index (χ1n) is 11.8. The molecule has 0 amide bonds. The summed E-state index contributed by atoms with van der Waals surface area (Å²) in [6.07, 6.45) is 11.7. The number of carbonyl (C=O) groups is 1. The van der Waals surface area contributed by atoms with Crippen LogP contribution in [0.5, 0.6) is 0 Å². The zero-order valence-electron chi connectivity index (χ0n) is 18.5. The minimum atomic E-state index is -1.66. The van der Waals surface area contributed by atoms with Gasteiger partial charge in [0.25, 0.3) is 0 Å². The van der Waals surface area contributed by atoms with E-state index in [0.717, 1.165) is 19.3 Å². The maximum atomic E-state index is 11.6. The average molecular weight is 419 g/mol. The maximum Gasteiger partial charge on any atom is 0.166 e. The predicted octanol–water partition coefficient (Wildman–Crippen LogP) is 3.25. The molecule has 0 bridgehead atoms. The van der Waals surface area contributed by atoms with Gasteiger partial charge in [-0.15, -0.1) is 0 Å². The lowest BCUT2D eigenvalue weighted by Gasteiger charge is -2.17. The Morgan fingerprint density at radius 2 is 1.07 bits per heavy atom. The molecule has 0 aromatic rings. The molecular weight excluding hydrogens is 372 g/mol. The van der Waals surface area contributed by atoms with E-state index in [1.165, 1.54) is 57.8 Å². The molecule has 4 atom stereocenters. The van der Waals surface area contributed by atoms with Crippen LogP contribution < -0.4 is 0 Å². The molecule has 0 spiro atoms. The maximum absolute atomic E-state index is 11.6. The molecule has 0 aromatic carbocycles. The highest BCUT2D eigenvalue weighted by molar-refractivity contribution is 5.83. The second kappa shape index (κ2) is 19.4. The van der Waals surface area contributed by atoms with Gasteiger partial charge in [-0.25, -0.2) is 0 Å². The third-order valence-corrected chi connectivity index (χ3v) is 5.53. The molecule has 0 aliphatic rings. The highest BCUT2D eigenvalue weighted by atomic mass is 16.4. The molecule has 0 saturated carbocycles. The van der Waals surface area contributed by atoms with Crippen molar-refractivity contribution in [2.24, 2.45) is 0 Å². The van der Waals surface area contributed by atoms with Gasteiger partial charge in [-0.3, -0.25) is 4.79 Å². The van der Waals surface area contributed by atoms with Gasteiger partial charge in [-0.2, -0.15) is 0 Å². The Bertz CT molecular complexity index is 376. The third-order valence-electron chi connectivity index (χ3n) is 5.53. The van der Waals surface area contributed by atoms with Crippen molar-refractivity contribution in [1.82, 2.24) is 0 Å². The van der Waals surface area contributed by atoms with Crippen LogP contribution in [0.25, 0.3) is 0 Å². The Balaban J connectivity index is 3.53. The first-order valence-corrected chi connectivity index (χ1v) is 11.8. The number of hydrogen-bond donors (Lipinski definition) is 5. The number of hydrogen-bond acceptors (Lipinski definition) is 6.